The number of nitrogens with zero attached hydrogens (tertiary/aromatic N) is 1. The second-order valence-corrected chi connectivity index (χ2v) is 10.6. The third kappa shape index (κ3) is 3.71. The van der Waals surface area contributed by atoms with Crippen molar-refractivity contribution in [3.8, 4) is 0 Å². The molecule has 0 aromatic heterocycles. The molecular formula is C29H31BF3N. The van der Waals surface area contributed by atoms with Gasteiger partial charge < -0.3 is 4.39 Å². The van der Waals surface area contributed by atoms with Crippen molar-refractivity contribution < 1.29 is 17.6 Å². The van der Waals surface area contributed by atoms with Crippen molar-refractivity contribution in [1.29, 1.82) is 0 Å². The topological polar surface area (TPSA) is 0 Å². The fourth-order valence-electron chi connectivity index (χ4n) is 6.95. The lowest BCUT2D eigenvalue weighted by molar-refractivity contribution is -0.778. The van der Waals surface area contributed by atoms with Crippen molar-refractivity contribution in [2.24, 2.45) is 5.92 Å². The van der Waals surface area contributed by atoms with Crippen molar-refractivity contribution in [3.05, 3.63) is 101 Å². The number of quaternary nitrogens is 1. The molecule has 2 aliphatic rings. The summed E-state index contributed by atoms with van der Waals surface area (Å²) in [7, 11) is 4.46. The van der Waals surface area contributed by atoms with Crippen molar-refractivity contribution in [2.75, 3.05) is 20.6 Å². The number of likely N-dealkylation sites (N-methyl/N-ethyl adjacent to an activating group) is 1. The molecule has 0 radical (unpaired) electrons. The summed E-state index contributed by atoms with van der Waals surface area (Å²) in [6, 6.07) is 20.4. The predicted octanol–water partition coefficient (Wildman–Crippen LogP) is 5.83. The molecule has 1 aliphatic heterocycles. The van der Waals surface area contributed by atoms with E-state index in [0.29, 0.717) is 10.3 Å². The summed E-state index contributed by atoms with van der Waals surface area (Å²) in [5.74, 6) is -0.360. The van der Waals surface area contributed by atoms with Crippen LogP contribution >= 0.6 is 0 Å². The minimum Gasteiger partial charge on any atom is -0.505 e. The van der Waals surface area contributed by atoms with Gasteiger partial charge in [-0.15, -0.1) is 16.4 Å². The molecule has 34 heavy (non-hydrogen) atoms. The number of benzene rings is 3. The molecule has 0 unspecified atom stereocenters. The van der Waals surface area contributed by atoms with Gasteiger partial charge in [-0.1, -0.05) is 61.2 Å². The van der Waals surface area contributed by atoms with Gasteiger partial charge in [-0.05, 0) is 60.7 Å². The molecule has 0 saturated heterocycles. The third-order valence-corrected chi connectivity index (χ3v) is 8.35. The van der Waals surface area contributed by atoms with E-state index in [1.165, 1.54) is 66.7 Å². The second kappa shape index (κ2) is 8.77. The van der Waals surface area contributed by atoms with Crippen LogP contribution in [0.3, 0.4) is 0 Å². The standard InChI is InChI=1S/C29H31BF3N/c1-34(2)20-28(21-6-4-3-5-7-21)29(22-8-14-25(31)15-9-22)30(34,23-10-16-26(32)17-11-23)24-12-18-27(33)19-13-24/h8-19,21H,3-7,20H2,1-2H3. The molecule has 0 spiro atoms. The van der Waals surface area contributed by atoms with Crippen LogP contribution in [0.25, 0.3) is 5.47 Å². The normalized spacial score (nSPS) is 20.0. The Morgan fingerprint density at radius 1 is 0.647 bits per heavy atom. The van der Waals surface area contributed by atoms with E-state index in [-0.39, 0.29) is 17.5 Å². The lowest BCUT2D eigenvalue weighted by Crippen LogP contribution is -2.75. The van der Waals surface area contributed by atoms with Gasteiger partial charge >= 0.3 is 0 Å². The smallest absolute Gasteiger partial charge is 0.291 e. The molecule has 1 fully saturated rings. The van der Waals surface area contributed by atoms with E-state index in [1.807, 2.05) is 36.4 Å². The van der Waals surface area contributed by atoms with Crippen molar-refractivity contribution >= 4 is 22.7 Å². The number of halogens is 3. The van der Waals surface area contributed by atoms with Crippen molar-refractivity contribution in [1.82, 2.24) is 0 Å². The van der Waals surface area contributed by atoms with Gasteiger partial charge in [0.05, 0.1) is 6.54 Å². The number of hydrogen-bond donors (Lipinski definition) is 0. The number of hydrogen-bond acceptors (Lipinski definition) is 0. The Morgan fingerprint density at radius 3 is 1.56 bits per heavy atom. The van der Waals surface area contributed by atoms with E-state index >= 15 is 0 Å². The van der Waals surface area contributed by atoms with Crippen LogP contribution in [0.1, 0.15) is 37.7 Å². The van der Waals surface area contributed by atoms with Crippen LogP contribution in [0, 0.1) is 23.4 Å². The average molecular weight is 461 g/mol. The molecule has 0 bridgehead atoms. The highest BCUT2D eigenvalue weighted by atomic mass is 19.1. The molecule has 176 valence electrons. The molecule has 0 N–H and O–H groups in total. The largest absolute Gasteiger partial charge is 0.505 e. The zero-order valence-electron chi connectivity index (χ0n) is 19.9. The molecule has 0 amide bonds. The van der Waals surface area contributed by atoms with Gasteiger partial charge in [0.2, 0.25) is 0 Å². The molecule has 3 aromatic rings. The molecule has 1 nitrogen and oxygen atoms in total. The van der Waals surface area contributed by atoms with Gasteiger partial charge in [-0.2, -0.15) is 0 Å². The minimum absolute atomic E-state index is 0.267. The van der Waals surface area contributed by atoms with E-state index in [1.54, 1.807) is 0 Å². The van der Waals surface area contributed by atoms with Crippen LogP contribution in [0.15, 0.2) is 78.4 Å². The Kier molecular flexibility index (Phi) is 5.93. The first-order valence-corrected chi connectivity index (χ1v) is 12.3. The third-order valence-electron chi connectivity index (χ3n) is 8.35. The summed E-state index contributed by atoms with van der Waals surface area (Å²) in [6.07, 6.45) is 4.34. The summed E-state index contributed by atoms with van der Waals surface area (Å²) in [6.45, 7) is 0.853. The summed E-state index contributed by atoms with van der Waals surface area (Å²) in [5, 5.41) is 0. The molecule has 1 heterocycles. The Labute approximate surface area is 200 Å². The Bertz CT molecular complexity index is 1150. The van der Waals surface area contributed by atoms with Crippen LogP contribution in [-0.2, 0) is 0 Å². The maximum Gasteiger partial charge on any atom is 0.291 e. The molecule has 0 atom stereocenters. The highest BCUT2D eigenvalue weighted by Gasteiger charge is 2.54. The SMILES string of the molecule is C[N+]1(C)CC(C2CCCCC2)=C(c2ccc(F)cc2)[B-]1(c1ccc(F)cc1)c1ccc(F)cc1. The highest BCUT2D eigenvalue weighted by molar-refractivity contribution is 7.10. The number of rotatable bonds is 4. The van der Waals surface area contributed by atoms with Crippen LogP contribution in [0.5, 0.6) is 0 Å². The van der Waals surface area contributed by atoms with E-state index < -0.39 is 6.28 Å². The van der Waals surface area contributed by atoms with Gasteiger partial charge in [0.25, 0.3) is 6.28 Å². The summed E-state index contributed by atoms with van der Waals surface area (Å²) in [4.78, 5) is 0. The second-order valence-electron chi connectivity index (χ2n) is 10.6. The summed E-state index contributed by atoms with van der Waals surface area (Å²) in [5.41, 5.74) is 5.67. The van der Waals surface area contributed by atoms with Crippen LogP contribution < -0.4 is 10.9 Å². The van der Waals surface area contributed by atoms with E-state index in [0.717, 1.165) is 35.9 Å². The Balaban J connectivity index is 1.87. The summed E-state index contributed by atoms with van der Waals surface area (Å²) < 4.78 is 42.8. The zero-order valence-corrected chi connectivity index (χ0v) is 19.9. The maximum atomic E-state index is 14.1. The van der Waals surface area contributed by atoms with Crippen LogP contribution in [0.4, 0.5) is 13.2 Å². The fraction of sp³-hybridized carbons (Fsp3) is 0.310. The first kappa shape index (κ1) is 23.0. The van der Waals surface area contributed by atoms with Gasteiger partial charge in [0, 0.05) is 14.1 Å². The van der Waals surface area contributed by atoms with E-state index in [9.17, 15) is 13.2 Å². The van der Waals surface area contributed by atoms with Gasteiger partial charge in [0.1, 0.15) is 17.5 Å². The highest BCUT2D eigenvalue weighted by Crippen LogP contribution is 2.46. The Hall–Kier alpha value is -2.79. The fourth-order valence-corrected chi connectivity index (χ4v) is 6.95. The first-order valence-electron chi connectivity index (χ1n) is 12.3. The van der Waals surface area contributed by atoms with E-state index in [2.05, 4.69) is 14.1 Å². The maximum absolute atomic E-state index is 14.1. The average Bonchev–Trinajstić information content (AvgIpc) is 3.09. The predicted molar refractivity (Wildman–Crippen MR) is 135 cm³/mol. The molecule has 5 heteroatoms. The van der Waals surface area contributed by atoms with Gasteiger partial charge in [-0.3, -0.25) is 0 Å². The lowest BCUT2D eigenvalue weighted by Gasteiger charge is -2.53. The van der Waals surface area contributed by atoms with Gasteiger partial charge in [0.15, 0.2) is 0 Å². The van der Waals surface area contributed by atoms with Crippen molar-refractivity contribution in [3.63, 3.8) is 0 Å². The molecular weight excluding hydrogens is 430 g/mol. The van der Waals surface area contributed by atoms with Crippen molar-refractivity contribution in [2.45, 2.75) is 32.1 Å². The quantitative estimate of drug-likeness (QED) is 0.429. The first-order chi connectivity index (χ1) is 16.3. The monoisotopic (exact) mass is 461 g/mol. The molecule has 3 aromatic carbocycles. The van der Waals surface area contributed by atoms with Crippen LogP contribution in [-0.4, -0.2) is 31.3 Å². The minimum atomic E-state index is -1.65. The van der Waals surface area contributed by atoms with Gasteiger partial charge in [-0.25, -0.2) is 13.2 Å². The van der Waals surface area contributed by atoms with E-state index in [4.69, 9.17) is 0 Å². The zero-order chi connectivity index (χ0) is 23.9. The molecule has 1 aliphatic carbocycles. The Morgan fingerprint density at radius 2 is 1.09 bits per heavy atom. The van der Waals surface area contributed by atoms with Crippen LogP contribution in [0.2, 0.25) is 0 Å². The summed E-state index contributed by atoms with van der Waals surface area (Å²) >= 11 is 0. The molecule has 1 saturated carbocycles. The lowest BCUT2D eigenvalue weighted by atomic mass is 9.21. The molecule has 5 rings (SSSR count).